The highest BCUT2D eigenvalue weighted by Crippen LogP contribution is 2.32. The van der Waals surface area contributed by atoms with Gasteiger partial charge in [-0.2, -0.15) is 10.4 Å². The highest BCUT2D eigenvalue weighted by molar-refractivity contribution is 7.13. The number of hydrogen-bond donors (Lipinski definition) is 1. The van der Waals surface area contributed by atoms with Gasteiger partial charge in [0, 0.05) is 31.1 Å². The molecule has 4 rings (SSSR count). The average Bonchev–Trinajstić information content (AvgIpc) is 3.32. The number of rotatable bonds is 6. The molecule has 0 saturated carbocycles. The normalized spacial score (nSPS) is 15.1. The highest BCUT2D eigenvalue weighted by atomic mass is 32.1. The number of aryl methyl sites for hydroxylation is 2. The summed E-state index contributed by atoms with van der Waals surface area (Å²) in [5.74, 6) is 1.95. The number of hydrogen-bond acceptors (Lipinski definition) is 8. The first-order chi connectivity index (χ1) is 14.6. The molecule has 0 amide bonds. The molecule has 0 unspecified atom stereocenters. The number of likely N-dealkylation sites (tertiary alicyclic amines) is 1. The molecule has 3 aromatic rings. The largest absolute Gasteiger partial charge is 0.481 e. The van der Waals surface area contributed by atoms with Crippen LogP contribution in [0.15, 0.2) is 23.7 Å². The summed E-state index contributed by atoms with van der Waals surface area (Å²) in [6.07, 6.45) is 3.78. The number of nitrogens with one attached hydrogen (secondary N) is 1. The van der Waals surface area contributed by atoms with Crippen LogP contribution in [-0.4, -0.2) is 44.8 Å². The number of thiazole rings is 1. The van der Waals surface area contributed by atoms with Gasteiger partial charge in [-0.25, -0.2) is 14.6 Å². The van der Waals surface area contributed by atoms with Crippen LogP contribution in [0.2, 0.25) is 0 Å². The lowest BCUT2D eigenvalue weighted by Gasteiger charge is -2.31. The molecule has 156 valence electrons. The van der Waals surface area contributed by atoms with Crippen molar-refractivity contribution < 1.29 is 4.74 Å². The van der Waals surface area contributed by atoms with Gasteiger partial charge in [0.25, 0.3) is 0 Å². The van der Waals surface area contributed by atoms with Gasteiger partial charge in [0.05, 0.1) is 35.7 Å². The summed E-state index contributed by atoms with van der Waals surface area (Å²) >= 11 is 1.58. The van der Waals surface area contributed by atoms with Crippen molar-refractivity contribution in [3.05, 3.63) is 46.2 Å². The van der Waals surface area contributed by atoms with E-state index in [1.165, 1.54) is 5.56 Å². The van der Waals surface area contributed by atoms with Gasteiger partial charge in [0.1, 0.15) is 5.82 Å². The van der Waals surface area contributed by atoms with Crippen LogP contribution in [0.5, 0.6) is 5.88 Å². The van der Waals surface area contributed by atoms with Crippen LogP contribution in [0.1, 0.15) is 41.3 Å². The monoisotopic (exact) mass is 423 g/mol. The molecule has 0 aromatic carbocycles. The maximum absolute atomic E-state index is 9.03. The molecular formula is C21H25N7OS. The fourth-order valence-corrected chi connectivity index (χ4v) is 4.74. The van der Waals surface area contributed by atoms with E-state index in [4.69, 9.17) is 15.0 Å². The second-order valence-electron chi connectivity index (χ2n) is 7.49. The zero-order valence-electron chi connectivity index (χ0n) is 17.4. The van der Waals surface area contributed by atoms with Crippen LogP contribution in [0.4, 0.5) is 10.9 Å². The van der Waals surface area contributed by atoms with Gasteiger partial charge in [0.2, 0.25) is 5.88 Å². The summed E-state index contributed by atoms with van der Waals surface area (Å²) in [6.45, 7) is 4.94. The summed E-state index contributed by atoms with van der Waals surface area (Å²) in [7, 11) is 3.62. The number of pyridine rings is 1. The number of piperidine rings is 1. The summed E-state index contributed by atoms with van der Waals surface area (Å²) in [6, 6.07) is 5.55. The van der Waals surface area contributed by atoms with Crippen LogP contribution in [0.25, 0.3) is 0 Å². The molecule has 1 saturated heterocycles. The first-order valence-corrected chi connectivity index (χ1v) is 10.8. The minimum atomic E-state index is 0.461. The minimum absolute atomic E-state index is 0.461. The van der Waals surface area contributed by atoms with Gasteiger partial charge in [0.15, 0.2) is 5.13 Å². The molecule has 1 N–H and O–H groups in total. The third-order valence-corrected chi connectivity index (χ3v) is 6.29. The second-order valence-corrected chi connectivity index (χ2v) is 8.35. The van der Waals surface area contributed by atoms with E-state index in [2.05, 4.69) is 31.7 Å². The topological polar surface area (TPSA) is 91.9 Å². The number of anilines is 2. The fourth-order valence-electron chi connectivity index (χ4n) is 3.94. The quantitative estimate of drug-likeness (QED) is 0.648. The molecule has 8 nitrogen and oxygen atoms in total. The van der Waals surface area contributed by atoms with E-state index in [0.717, 1.165) is 54.9 Å². The molecular weight excluding hydrogens is 398 g/mol. The molecule has 1 aliphatic heterocycles. The Morgan fingerprint density at radius 1 is 1.37 bits per heavy atom. The van der Waals surface area contributed by atoms with Crippen LogP contribution in [0.3, 0.4) is 0 Å². The second kappa shape index (κ2) is 8.81. The Hall–Kier alpha value is -2.96. The van der Waals surface area contributed by atoms with Crippen molar-refractivity contribution in [1.29, 1.82) is 5.26 Å². The van der Waals surface area contributed by atoms with Crippen molar-refractivity contribution in [2.75, 3.05) is 25.5 Å². The van der Waals surface area contributed by atoms with Crippen molar-refractivity contribution in [1.82, 2.24) is 24.6 Å². The zero-order valence-corrected chi connectivity index (χ0v) is 18.2. The highest BCUT2D eigenvalue weighted by Gasteiger charge is 2.25. The van der Waals surface area contributed by atoms with Crippen molar-refractivity contribution >= 4 is 22.3 Å². The Morgan fingerprint density at radius 2 is 2.17 bits per heavy atom. The number of aromatic nitrogens is 4. The van der Waals surface area contributed by atoms with Gasteiger partial charge in [-0.15, -0.1) is 11.3 Å². The summed E-state index contributed by atoms with van der Waals surface area (Å²) in [5, 5.41) is 19.7. The van der Waals surface area contributed by atoms with Crippen molar-refractivity contribution in [3.63, 3.8) is 0 Å². The molecule has 0 bridgehead atoms. The lowest BCUT2D eigenvalue weighted by Crippen LogP contribution is -2.32. The van der Waals surface area contributed by atoms with Gasteiger partial charge < -0.3 is 10.1 Å². The van der Waals surface area contributed by atoms with Gasteiger partial charge in [-0.05, 0) is 45.0 Å². The van der Waals surface area contributed by atoms with Crippen LogP contribution < -0.4 is 10.1 Å². The Labute approximate surface area is 180 Å². The smallest absolute Gasteiger partial charge is 0.216 e. The summed E-state index contributed by atoms with van der Waals surface area (Å²) < 4.78 is 7.34. The molecule has 9 heteroatoms. The average molecular weight is 424 g/mol. The molecule has 1 aliphatic rings. The van der Waals surface area contributed by atoms with E-state index in [0.29, 0.717) is 17.3 Å². The van der Waals surface area contributed by atoms with Crippen molar-refractivity contribution in [2.45, 2.75) is 32.2 Å². The Kier molecular flexibility index (Phi) is 5.97. The van der Waals surface area contributed by atoms with Crippen LogP contribution in [0, 0.1) is 18.3 Å². The van der Waals surface area contributed by atoms with E-state index in [-0.39, 0.29) is 0 Å². The molecule has 30 heavy (non-hydrogen) atoms. The maximum atomic E-state index is 9.03. The van der Waals surface area contributed by atoms with Crippen molar-refractivity contribution in [3.8, 4) is 11.9 Å². The third-order valence-electron chi connectivity index (χ3n) is 5.52. The lowest BCUT2D eigenvalue weighted by atomic mass is 9.94. The lowest BCUT2D eigenvalue weighted by molar-refractivity contribution is 0.200. The van der Waals surface area contributed by atoms with Gasteiger partial charge in [-0.1, -0.05) is 0 Å². The van der Waals surface area contributed by atoms with Crippen LogP contribution >= 0.6 is 11.3 Å². The molecule has 0 spiro atoms. The summed E-state index contributed by atoms with van der Waals surface area (Å²) in [5.41, 5.74) is 3.91. The fraction of sp³-hybridized carbons (Fsp3) is 0.429. The molecule has 0 atom stereocenters. The van der Waals surface area contributed by atoms with E-state index < -0.39 is 0 Å². The first-order valence-electron chi connectivity index (χ1n) is 9.94. The van der Waals surface area contributed by atoms with E-state index in [1.807, 2.05) is 18.7 Å². The molecule has 1 fully saturated rings. The predicted octanol–water partition coefficient (Wildman–Crippen LogP) is 3.58. The number of nitrogens with zero attached hydrogens (tertiary/aromatic N) is 6. The Bertz CT molecular complexity index is 1060. The number of methoxy groups -OCH3 is 1. The molecule has 0 aliphatic carbocycles. The third kappa shape index (κ3) is 4.30. The Morgan fingerprint density at radius 3 is 2.90 bits per heavy atom. The van der Waals surface area contributed by atoms with Gasteiger partial charge >= 0.3 is 0 Å². The standard InChI is InChI=1S/C21H25N7OS/c1-14-17(20(29-3)27(2)26-14)12-28-8-5-16(6-9-28)18-13-30-21(24-18)25-19-10-15(11-22)4-7-23-19/h4,7,10,13,16H,5-6,8-9,12H2,1-3H3,(H,23,24,25). The van der Waals surface area contributed by atoms with E-state index >= 15 is 0 Å². The molecule has 4 heterocycles. The SMILES string of the molecule is COc1c(CN2CCC(c3csc(Nc4cc(C#N)ccn4)n3)CC2)c(C)nn1C. The van der Waals surface area contributed by atoms with E-state index in [1.54, 1.807) is 36.8 Å². The molecule has 0 radical (unpaired) electrons. The van der Waals surface area contributed by atoms with Gasteiger partial charge in [-0.3, -0.25) is 4.90 Å². The maximum Gasteiger partial charge on any atom is 0.216 e. The number of ether oxygens (including phenoxy) is 1. The summed E-state index contributed by atoms with van der Waals surface area (Å²) in [4.78, 5) is 11.5. The predicted molar refractivity (Wildman–Crippen MR) is 116 cm³/mol. The number of nitriles is 1. The molecule has 3 aromatic heterocycles. The van der Waals surface area contributed by atoms with Crippen molar-refractivity contribution in [2.24, 2.45) is 7.05 Å². The minimum Gasteiger partial charge on any atom is -0.481 e. The first kappa shape index (κ1) is 20.3. The van der Waals surface area contributed by atoms with Crippen LogP contribution in [-0.2, 0) is 13.6 Å². The Balaban J connectivity index is 1.35. The zero-order chi connectivity index (χ0) is 21.1. The van der Waals surface area contributed by atoms with E-state index in [9.17, 15) is 0 Å².